The zero-order valence-electron chi connectivity index (χ0n) is 20.0. The quantitative estimate of drug-likeness (QED) is 0.657. The van der Waals surface area contributed by atoms with Crippen LogP contribution in [0.2, 0.25) is 0 Å². The minimum absolute atomic E-state index is 0.0446. The summed E-state index contributed by atoms with van der Waals surface area (Å²) >= 11 is 0. The number of piperazine rings is 1. The number of hydrogen-bond donors (Lipinski definition) is 1. The van der Waals surface area contributed by atoms with Crippen molar-refractivity contribution in [3.8, 4) is 5.75 Å². The molecule has 2 aromatic carbocycles. The van der Waals surface area contributed by atoms with Gasteiger partial charge in [-0.25, -0.2) is 0 Å². The Morgan fingerprint density at radius 1 is 1.03 bits per heavy atom. The Morgan fingerprint density at radius 3 is 2.54 bits per heavy atom. The molecule has 0 unspecified atom stereocenters. The number of benzene rings is 2. The Bertz CT molecular complexity index is 1070. The van der Waals surface area contributed by atoms with E-state index in [4.69, 9.17) is 4.74 Å². The van der Waals surface area contributed by atoms with Gasteiger partial charge in [0.2, 0.25) is 5.91 Å². The average Bonchev–Trinajstić information content (AvgIpc) is 2.87. The molecule has 2 fully saturated rings. The molecule has 0 spiro atoms. The minimum Gasteiger partial charge on any atom is -0.495 e. The number of fused-ring (bicyclic) bond motifs is 3. The summed E-state index contributed by atoms with van der Waals surface area (Å²) in [5.74, 6) is 0.303. The highest BCUT2D eigenvalue weighted by Gasteiger charge is 2.43. The van der Waals surface area contributed by atoms with Crippen LogP contribution in [0.1, 0.15) is 43.2 Å². The Labute approximate surface area is 204 Å². The first-order chi connectivity index (χ1) is 16.8. The summed E-state index contributed by atoms with van der Waals surface area (Å²) in [6.45, 7) is 1.91. The number of nitrogens with one attached hydrogen (secondary N) is 1. The minimum atomic E-state index is -4.41. The first-order valence-corrected chi connectivity index (χ1v) is 12.5. The summed E-state index contributed by atoms with van der Waals surface area (Å²) in [5.41, 5.74) is 1.73. The lowest BCUT2D eigenvalue weighted by molar-refractivity contribution is -0.137. The summed E-state index contributed by atoms with van der Waals surface area (Å²) in [5, 5.41) is 3.24. The van der Waals surface area contributed by atoms with Crippen molar-refractivity contribution in [3.63, 3.8) is 0 Å². The van der Waals surface area contributed by atoms with Crippen LogP contribution in [0.4, 0.5) is 24.5 Å². The van der Waals surface area contributed by atoms with E-state index in [9.17, 15) is 18.0 Å². The molecule has 2 atom stereocenters. The molecule has 1 aliphatic carbocycles. The maximum absolute atomic E-state index is 13.6. The number of ether oxygens (including phenoxy) is 1. The van der Waals surface area contributed by atoms with Crippen LogP contribution in [0, 0.1) is 5.92 Å². The van der Waals surface area contributed by atoms with Crippen LogP contribution < -0.4 is 19.9 Å². The fraction of sp³-hybridized carbons (Fsp3) is 0.519. The SMILES string of the molecule is COc1ccccc1N1CCN2c3ccc(C(F)(F)F)cc3C[C@@H](C(=O)NC3CCCCC3)[C@@H]2C1. The van der Waals surface area contributed by atoms with Crippen molar-refractivity contribution >= 4 is 17.3 Å². The third-order valence-electron chi connectivity index (χ3n) is 7.75. The molecule has 2 heterocycles. The van der Waals surface area contributed by atoms with Gasteiger partial charge in [0.05, 0.1) is 30.3 Å². The Hall–Kier alpha value is -2.90. The van der Waals surface area contributed by atoms with E-state index in [0.29, 0.717) is 31.6 Å². The largest absolute Gasteiger partial charge is 0.495 e. The van der Waals surface area contributed by atoms with Crippen molar-refractivity contribution < 1.29 is 22.7 Å². The maximum atomic E-state index is 13.6. The zero-order valence-corrected chi connectivity index (χ0v) is 20.0. The van der Waals surface area contributed by atoms with Gasteiger partial charge < -0.3 is 19.9 Å². The van der Waals surface area contributed by atoms with E-state index in [0.717, 1.165) is 48.9 Å². The van der Waals surface area contributed by atoms with E-state index in [-0.39, 0.29) is 18.0 Å². The van der Waals surface area contributed by atoms with Gasteiger partial charge in [0, 0.05) is 31.4 Å². The van der Waals surface area contributed by atoms with Gasteiger partial charge in [-0.05, 0) is 55.2 Å². The highest BCUT2D eigenvalue weighted by atomic mass is 19.4. The van der Waals surface area contributed by atoms with Gasteiger partial charge in [0.1, 0.15) is 5.75 Å². The predicted molar refractivity (Wildman–Crippen MR) is 130 cm³/mol. The van der Waals surface area contributed by atoms with Crippen LogP contribution in [0.15, 0.2) is 42.5 Å². The molecule has 0 bridgehead atoms. The lowest BCUT2D eigenvalue weighted by atomic mass is 9.82. The number of hydrogen-bond acceptors (Lipinski definition) is 4. The van der Waals surface area contributed by atoms with Crippen LogP contribution in [0.3, 0.4) is 0 Å². The molecular formula is C27H32F3N3O2. The summed E-state index contributed by atoms with van der Waals surface area (Å²) in [4.78, 5) is 18.0. The topological polar surface area (TPSA) is 44.8 Å². The second-order valence-corrected chi connectivity index (χ2v) is 9.87. The number of carbonyl (C=O) groups is 1. The fourth-order valence-electron chi connectivity index (χ4n) is 5.96. The molecule has 1 amide bonds. The fourth-order valence-corrected chi connectivity index (χ4v) is 5.96. The van der Waals surface area contributed by atoms with Crippen molar-refractivity contribution in [2.45, 2.75) is 56.8 Å². The molecule has 5 rings (SSSR count). The van der Waals surface area contributed by atoms with Crippen LogP contribution >= 0.6 is 0 Å². The first-order valence-electron chi connectivity index (χ1n) is 12.5. The predicted octanol–water partition coefficient (Wildman–Crippen LogP) is 5.03. The van der Waals surface area contributed by atoms with Crippen molar-refractivity contribution in [2.24, 2.45) is 5.92 Å². The third kappa shape index (κ3) is 4.80. The second-order valence-electron chi connectivity index (χ2n) is 9.87. The maximum Gasteiger partial charge on any atom is 0.416 e. The number of alkyl halides is 3. The number of carbonyl (C=O) groups excluding carboxylic acids is 1. The number of rotatable bonds is 4. The van der Waals surface area contributed by atoms with Gasteiger partial charge in [-0.15, -0.1) is 0 Å². The molecule has 35 heavy (non-hydrogen) atoms. The Kier molecular flexibility index (Phi) is 6.55. The number of anilines is 2. The van der Waals surface area contributed by atoms with E-state index in [1.807, 2.05) is 24.3 Å². The molecule has 2 aliphatic heterocycles. The summed E-state index contributed by atoms with van der Waals surface area (Å²) < 4.78 is 45.9. The van der Waals surface area contributed by atoms with Gasteiger partial charge in [-0.1, -0.05) is 31.4 Å². The van der Waals surface area contributed by atoms with Gasteiger partial charge in [-0.3, -0.25) is 4.79 Å². The lowest BCUT2D eigenvalue weighted by Gasteiger charge is -2.50. The smallest absolute Gasteiger partial charge is 0.416 e. The van der Waals surface area contributed by atoms with Crippen molar-refractivity contribution in [1.82, 2.24) is 5.32 Å². The lowest BCUT2D eigenvalue weighted by Crippen LogP contribution is -2.61. The standard InChI is InChI=1S/C27H32F3N3O2/c1-35-25-10-6-5-9-23(25)32-13-14-33-22-12-11-19(27(28,29)30)15-18(22)16-21(24(33)17-32)26(34)31-20-7-3-2-4-8-20/h5-6,9-12,15,20-21,24H,2-4,7-8,13-14,16-17H2,1H3,(H,31,34)/t21-,24+/m1/s1. The third-order valence-corrected chi connectivity index (χ3v) is 7.75. The number of amides is 1. The molecule has 3 aliphatic rings. The van der Waals surface area contributed by atoms with E-state index in [1.54, 1.807) is 13.2 Å². The molecule has 188 valence electrons. The highest BCUT2D eigenvalue weighted by Crippen LogP contribution is 2.41. The second kappa shape index (κ2) is 9.63. The molecular weight excluding hydrogens is 455 g/mol. The summed E-state index contributed by atoms with van der Waals surface area (Å²) in [7, 11) is 1.64. The van der Waals surface area contributed by atoms with Crippen LogP contribution in [0.25, 0.3) is 0 Å². The number of methoxy groups -OCH3 is 1. The van der Waals surface area contributed by atoms with Gasteiger partial charge >= 0.3 is 6.18 Å². The number of halogens is 3. The van der Waals surface area contributed by atoms with Gasteiger partial charge in [0.25, 0.3) is 0 Å². The number of nitrogens with zero attached hydrogens (tertiary/aromatic N) is 2. The molecule has 1 saturated heterocycles. The molecule has 1 N–H and O–H groups in total. The van der Waals surface area contributed by atoms with Gasteiger partial charge in [-0.2, -0.15) is 13.2 Å². The Morgan fingerprint density at radius 2 is 1.80 bits per heavy atom. The normalized spacial score (nSPS) is 22.9. The average molecular weight is 488 g/mol. The summed E-state index contributed by atoms with van der Waals surface area (Å²) in [6.07, 6.45) is 1.22. The van der Waals surface area contributed by atoms with Crippen molar-refractivity contribution in [2.75, 3.05) is 36.5 Å². The van der Waals surface area contributed by atoms with Gasteiger partial charge in [0.15, 0.2) is 0 Å². The van der Waals surface area contributed by atoms with Crippen LogP contribution in [-0.4, -0.2) is 44.7 Å². The number of para-hydroxylation sites is 2. The molecule has 5 nitrogen and oxygen atoms in total. The monoisotopic (exact) mass is 487 g/mol. The highest BCUT2D eigenvalue weighted by molar-refractivity contribution is 5.83. The molecule has 0 radical (unpaired) electrons. The summed E-state index contributed by atoms with van der Waals surface area (Å²) in [6, 6.07) is 11.8. The van der Waals surface area contributed by atoms with Crippen LogP contribution in [-0.2, 0) is 17.4 Å². The molecule has 2 aromatic rings. The Balaban J connectivity index is 1.46. The molecule has 0 aromatic heterocycles. The van der Waals surface area contributed by atoms with Crippen molar-refractivity contribution in [1.29, 1.82) is 0 Å². The van der Waals surface area contributed by atoms with E-state index in [1.165, 1.54) is 12.5 Å². The van der Waals surface area contributed by atoms with Crippen LogP contribution in [0.5, 0.6) is 5.75 Å². The van der Waals surface area contributed by atoms with E-state index >= 15 is 0 Å². The van der Waals surface area contributed by atoms with Crippen molar-refractivity contribution in [3.05, 3.63) is 53.6 Å². The first kappa shape index (κ1) is 23.8. The zero-order chi connectivity index (χ0) is 24.6. The molecule has 8 heteroatoms. The molecule has 1 saturated carbocycles. The van der Waals surface area contributed by atoms with E-state index in [2.05, 4.69) is 15.1 Å². The van der Waals surface area contributed by atoms with E-state index < -0.39 is 17.7 Å².